The van der Waals surface area contributed by atoms with Crippen LogP contribution in [0.4, 0.5) is 5.69 Å². The van der Waals surface area contributed by atoms with Crippen LogP contribution in [0.15, 0.2) is 71.6 Å². The van der Waals surface area contributed by atoms with Crippen LogP contribution in [-0.2, 0) is 21.2 Å². The third kappa shape index (κ3) is 6.26. The molecule has 0 aromatic heterocycles. The largest absolute Gasteiger partial charge is 0.493 e. The molecule has 9 heteroatoms. The first-order chi connectivity index (χ1) is 16.7. The number of sulfonamides is 1. The predicted molar refractivity (Wildman–Crippen MR) is 138 cm³/mol. The lowest BCUT2D eigenvalue weighted by atomic mass is 10.1. The molecular formula is C26H29ClN2O5S. The molecule has 0 aliphatic heterocycles. The third-order valence-corrected chi connectivity index (χ3v) is 7.63. The van der Waals surface area contributed by atoms with Crippen molar-refractivity contribution in [3.8, 4) is 11.5 Å². The minimum Gasteiger partial charge on any atom is -0.493 e. The molecule has 0 aliphatic rings. The van der Waals surface area contributed by atoms with Crippen molar-refractivity contribution in [2.24, 2.45) is 0 Å². The summed E-state index contributed by atoms with van der Waals surface area (Å²) in [7, 11) is -1.25. The molecular weight excluding hydrogens is 488 g/mol. The molecule has 1 atom stereocenters. The number of anilines is 1. The van der Waals surface area contributed by atoms with Crippen LogP contribution in [0.2, 0.25) is 5.02 Å². The van der Waals surface area contributed by atoms with E-state index in [1.807, 2.05) is 31.2 Å². The van der Waals surface area contributed by atoms with Crippen molar-refractivity contribution in [3.63, 3.8) is 0 Å². The zero-order valence-electron chi connectivity index (χ0n) is 20.1. The summed E-state index contributed by atoms with van der Waals surface area (Å²) in [6.07, 6.45) is 0.922. The van der Waals surface area contributed by atoms with Crippen molar-refractivity contribution in [1.29, 1.82) is 0 Å². The van der Waals surface area contributed by atoms with Gasteiger partial charge in [-0.15, -0.1) is 0 Å². The highest BCUT2D eigenvalue weighted by Crippen LogP contribution is 2.32. The SMILES string of the molecule is CCc1ccc([C@@H](C)NC(=O)CN(c2ccc(Cl)cc2)S(=O)(=O)c2ccc(OC)c(OC)c2)cc1. The molecule has 7 nitrogen and oxygen atoms in total. The van der Waals surface area contributed by atoms with E-state index in [9.17, 15) is 13.2 Å². The molecule has 0 saturated carbocycles. The Hall–Kier alpha value is -3.23. The van der Waals surface area contributed by atoms with Crippen LogP contribution in [-0.4, -0.2) is 35.1 Å². The Kier molecular flexibility index (Phi) is 8.64. The van der Waals surface area contributed by atoms with E-state index in [1.54, 1.807) is 24.3 Å². The normalized spacial score (nSPS) is 12.0. The number of aryl methyl sites for hydroxylation is 1. The van der Waals surface area contributed by atoms with Gasteiger partial charge in [-0.2, -0.15) is 0 Å². The minimum absolute atomic E-state index is 0.0406. The van der Waals surface area contributed by atoms with E-state index in [0.717, 1.165) is 16.3 Å². The summed E-state index contributed by atoms with van der Waals surface area (Å²) in [5.41, 5.74) is 2.43. The summed E-state index contributed by atoms with van der Waals surface area (Å²) in [4.78, 5) is 13.0. The molecule has 0 heterocycles. The number of carbonyl (C=O) groups excluding carboxylic acids is 1. The fraction of sp³-hybridized carbons (Fsp3) is 0.269. The number of amides is 1. The van der Waals surface area contributed by atoms with Gasteiger partial charge in [0.2, 0.25) is 5.91 Å². The van der Waals surface area contributed by atoms with Crippen LogP contribution in [0.3, 0.4) is 0 Å². The quantitative estimate of drug-likeness (QED) is 0.410. The lowest BCUT2D eigenvalue weighted by molar-refractivity contribution is -0.120. The number of nitrogens with one attached hydrogen (secondary N) is 1. The van der Waals surface area contributed by atoms with E-state index < -0.39 is 22.5 Å². The molecule has 1 amide bonds. The highest BCUT2D eigenvalue weighted by Gasteiger charge is 2.29. The van der Waals surface area contributed by atoms with Gasteiger partial charge in [-0.3, -0.25) is 9.10 Å². The Morgan fingerprint density at radius 1 is 0.971 bits per heavy atom. The van der Waals surface area contributed by atoms with Gasteiger partial charge in [0, 0.05) is 11.1 Å². The Balaban J connectivity index is 1.91. The van der Waals surface area contributed by atoms with Crippen LogP contribution >= 0.6 is 11.6 Å². The van der Waals surface area contributed by atoms with Crippen LogP contribution in [0.5, 0.6) is 11.5 Å². The number of halogens is 1. The number of carbonyl (C=O) groups is 1. The number of nitrogens with zero attached hydrogens (tertiary/aromatic N) is 1. The van der Waals surface area contributed by atoms with Gasteiger partial charge in [0.25, 0.3) is 10.0 Å². The number of benzene rings is 3. The van der Waals surface area contributed by atoms with Gasteiger partial charge in [-0.1, -0.05) is 42.8 Å². The summed E-state index contributed by atoms with van der Waals surface area (Å²) >= 11 is 6.01. The monoisotopic (exact) mass is 516 g/mol. The van der Waals surface area contributed by atoms with Crippen LogP contribution in [0, 0.1) is 0 Å². The van der Waals surface area contributed by atoms with Gasteiger partial charge in [-0.25, -0.2) is 8.42 Å². The maximum atomic E-state index is 13.7. The van der Waals surface area contributed by atoms with Gasteiger partial charge >= 0.3 is 0 Å². The first kappa shape index (κ1) is 26.4. The highest BCUT2D eigenvalue weighted by molar-refractivity contribution is 7.92. The molecule has 3 rings (SSSR count). The van der Waals surface area contributed by atoms with E-state index in [-0.39, 0.29) is 16.7 Å². The number of rotatable bonds is 10. The van der Waals surface area contributed by atoms with Gasteiger partial charge in [-0.05, 0) is 60.9 Å². The molecule has 186 valence electrons. The lowest BCUT2D eigenvalue weighted by Gasteiger charge is -2.25. The molecule has 3 aromatic carbocycles. The molecule has 0 bridgehead atoms. The zero-order chi connectivity index (χ0) is 25.6. The van der Waals surface area contributed by atoms with Crippen LogP contribution in [0.1, 0.15) is 31.0 Å². The molecule has 0 saturated heterocycles. The Labute approximate surface area is 211 Å². The van der Waals surface area contributed by atoms with Gasteiger partial charge in [0.15, 0.2) is 11.5 Å². The Morgan fingerprint density at radius 2 is 1.60 bits per heavy atom. The Morgan fingerprint density at radius 3 is 2.17 bits per heavy atom. The second kappa shape index (κ2) is 11.5. The standard InChI is InChI=1S/C26H29ClN2O5S/c1-5-19-6-8-20(9-7-19)18(2)28-26(30)17-29(22-12-10-21(27)11-13-22)35(31,32)23-14-15-24(33-3)25(16-23)34-4/h6-16,18H,5,17H2,1-4H3,(H,28,30)/t18-/m1/s1. The van der Waals surface area contributed by atoms with Crippen molar-refractivity contribution in [2.45, 2.75) is 31.2 Å². The molecule has 0 unspecified atom stereocenters. The topological polar surface area (TPSA) is 84.9 Å². The number of hydrogen-bond donors (Lipinski definition) is 1. The fourth-order valence-corrected chi connectivity index (χ4v) is 5.13. The minimum atomic E-state index is -4.14. The zero-order valence-corrected chi connectivity index (χ0v) is 21.7. The van der Waals surface area contributed by atoms with Gasteiger partial charge in [0.1, 0.15) is 6.54 Å². The summed E-state index contributed by atoms with van der Waals surface area (Å²) in [5.74, 6) is 0.208. The molecule has 0 radical (unpaired) electrons. The molecule has 1 N–H and O–H groups in total. The Bertz CT molecular complexity index is 1260. The van der Waals surface area contributed by atoms with Crippen molar-refractivity contribution in [1.82, 2.24) is 5.32 Å². The maximum absolute atomic E-state index is 13.7. The van der Waals surface area contributed by atoms with E-state index in [1.165, 1.54) is 38.0 Å². The molecule has 3 aromatic rings. The predicted octanol–water partition coefficient (Wildman–Crippen LogP) is 4.99. The number of methoxy groups -OCH3 is 2. The summed E-state index contributed by atoms with van der Waals surface area (Å²) in [6, 6.07) is 18.2. The summed E-state index contributed by atoms with van der Waals surface area (Å²) in [6.45, 7) is 3.51. The van der Waals surface area contributed by atoms with E-state index >= 15 is 0 Å². The van der Waals surface area contributed by atoms with Gasteiger partial charge < -0.3 is 14.8 Å². The summed E-state index contributed by atoms with van der Waals surface area (Å²) < 4.78 is 38.9. The highest BCUT2D eigenvalue weighted by atomic mass is 35.5. The van der Waals surface area contributed by atoms with Crippen molar-refractivity contribution in [2.75, 3.05) is 25.1 Å². The van der Waals surface area contributed by atoms with Crippen molar-refractivity contribution >= 4 is 33.2 Å². The average molecular weight is 517 g/mol. The third-order valence-electron chi connectivity index (χ3n) is 5.61. The van der Waals surface area contributed by atoms with E-state index in [4.69, 9.17) is 21.1 Å². The van der Waals surface area contributed by atoms with Crippen molar-refractivity contribution in [3.05, 3.63) is 82.9 Å². The van der Waals surface area contributed by atoms with Crippen LogP contribution < -0.4 is 19.1 Å². The van der Waals surface area contributed by atoms with E-state index in [2.05, 4.69) is 12.2 Å². The molecule has 0 fully saturated rings. The first-order valence-corrected chi connectivity index (χ1v) is 12.9. The number of ether oxygens (including phenoxy) is 2. The molecule has 35 heavy (non-hydrogen) atoms. The van der Waals surface area contributed by atoms with Crippen molar-refractivity contribution < 1.29 is 22.7 Å². The second-order valence-electron chi connectivity index (χ2n) is 7.89. The van der Waals surface area contributed by atoms with Crippen LogP contribution in [0.25, 0.3) is 0 Å². The maximum Gasteiger partial charge on any atom is 0.264 e. The van der Waals surface area contributed by atoms with E-state index in [0.29, 0.717) is 16.5 Å². The van der Waals surface area contributed by atoms with Gasteiger partial charge in [0.05, 0.1) is 30.8 Å². The second-order valence-corrected chi connectivity index (χ2v) is 10.2. The summed E-state index contributed by atoms with van der Waals surface area (Å²) in [5, 5.41) is 3.34. The number of hydrogen-bond acceptors (Lipinski definition) is 5. The fourth-order valence-electron chi connectivity index (χ4n) is 3.57. The molecule has 0 aliphatic carbocycles. The average Bonchev–Trinajstić information content (AvgIpc) is 2.87. The first-order valence-electron chi connectivity index (χ1n) is 11.1. The lowest BCUT2D eigenvalue weighted by Crippen LogP contribution is -2.41. The smallest absolute Gasteiger partial charge is 0.264 e. The molecule has 0 spiro atoms.